The Morgan fingerprint density at radius 1 is 1.28 bits per heavy atom. The molecule has 1 N–H and O–H groups in total. The van der Waals surface area contributed by atoms with Crippen molar-refractivity contribution >= 4 is 21.4 Å². The standard InChI is InChI=1S/C14H13N3S/c1-2-14-10(3-4-18-14)5-12(1)17-9-16-8-13(17)11-6-15-7-11/h1-5,8-9,11,15H,6-7H2. The lowest BCUT2D eigenvalue weighted by atomic mass is 10.00. The first-order chi connectivity index (χ1) is 8.92. The summed E-state index contributed by atoms with van der Waals surface area (Å²) in [5.74, 6) is 0.602. The van der Waals surface area contributed by atoms with E-state index in [9.17, 15) is 0 Å². The predicted octanol–water partition coefficient (Wildman–Crippen LogP) is 2.77. The second kappa shape index (κ2) is 3.93. The minimum absolute atomic E-state index is 0.602. The molecule has 18 heavy (non-hydrogen) atoms. The van der Waals surface area contributed by atoms with Crippen LogP contribution in [-0.2, 0) is 0 Å². The summed E-state index contributed by atoms with van der Waals surface area (Å²) >= 11 is 1.78. The third-order valence-corrected chi connectivity index (χ3v) is 4.48. The van der Waals surface area contributed by atoms with E-state index in [-0.39, 0.29) is 0 Å². The van der Waals surface area contributed by atoms with Gasteiger partial charge in [0.15, 0.2) is 0 Å². The Labute approximate surface area is 109 Å². The molecule has 3 nitrogen and oxygen atoms in total. The van der Waals surface area contributed by atoms with Gasteiger partial charge in [0, 0.05) is 41.3 Å². The van der Waals surface area contributed by atoms with Crippen molar-refractivity contribution < 1.29 is 0 Å². The molecule has 0 aliphatic carbocycles. The van der Waals surface area contributed by atoms with Crippen molar-refractivity contribution in [2.24, 2.45) is 0 Å². The van der Waals surface area contributed by atoms with Gasteiger partial charge in [-0.1, -0.05) is 0 Å². The van der Waals surface area contributed by atoms with Gasteiger partial charge in [-0.05, 0) is 35.0 Å². The number of benzene rings is 1. The fraction of sp³-hybridized carbons (Fsp3) is 0.214. The summed E-state index contributed by atoms with van der Waals surface area (Å²) in [6.07, 6.45) is 3.91. The minimum atomic E-state index is 0.602. The maximum atomic E-state index is 4.31. The van der Waals surface area contributed by atoms with Crippen LogP contribution in [-0.4, -0.2) is 22.6 Å². The van der Waals surface area contributed by atoms with Gasteiger partial charge in [0.25, 0.3) is 0 Å². The molecule has 4 heteroatoms. The normalized spacial score (nSPS) is 16.0. The smallest absolute Gasteiger partial charge is 0.0994 e. The van der Waals surface area contributed by atoms with E-state index in [0.717, 1.165) is 13.1 Å². The summed E-state index contributed by atoms with van der Waals surface area (Å²) < 4.78 is 3.55. The Bertz CT molecular complexity index is 694. The molecular formula is C14H13N3S. The second-order valence-electron chi connectivity index (χ2n) is 4.69. The molecule has 0 saturated carbocycles. The van der Waals surface area contributed by atoms with Crippen molar-refractivity contribution in [3.63, 3.8) is 0 Å². The van der Waals surface area contributed by atoms with Gasteiger partial charge < -0.3 is 9.88 Å². The van der Waals surface area contributed by atoms with E-state index in [2.05, 4.69) is 44.5 Å². The van der Waals surface area contributed by atoms with E-state index in [0.29, 0.717) is 5.92 Å². The lowest BCUT2D eigenvalue weighted by Gasteiger charge is -2.27. The highest BCUT2D eigenvalue weighted by molar-refractivity contribution is 7.17. The van der Waals surface area contributed by atoms with Crippen LogP contribution in [0.5, 0.6) is 0 Å². The van der Waals surface area contributed by atoms with Crippen molar-refractivity contribution in [1.82, 2.24) is 14.9 Å². The number of hydrogen-bond donors (Lipinski definition) is 1. The van der Waals surface area contributed by atoms with E-state index in [4.69, 9.17) is 0 Å². The fourth-order valence-electron chi connectivity index (χ4n) is 2.42. The number of hydrogen-bond acceptors (Lipinski definition) is 3. The van der Waals surface area contributed by atoms with Crippen LogP contribution in [0.1, 0.15) is 11.6 Å². The first kappa shape index (κ1) is 10.3. The summed E-state index contributed by atoms with van der Waals surface area (Å²) in [5.41, 5.74) is 2.52. The van der Waals surface area contributed by atoms with Crippen LogP contribution in [0.4, 0.5) is 0 Å². The maximum Gasteiger partial charge on any atom is 0.0994 e. The first-order valence-corrected chi connectivity index (χ1v) is 7.00. The number of nitrogens with one attached hydrogen (secondary N) is 1. The monoisotopic (exact) mass is 255 g/mol. The zero-order chi connectivity index (χ0) is 11.9. The molecule has 0 spiro atoms. The summed E-state index contributed by atoms with van der Waals surface area (Å²) in [7, 11) is 0. The Morgan fingerprint density at radius 3 is 3.06 bits per heavy atom. The van der Waals surface area contributed by atoms with E-state index in [1.54, 1.807) is 11.3 Å². The highest BCUT2D eigenvalue weighted by atomic mass is 32.1. The van der Waals surface area contributed by atoms with Crippen LogP contribution in [0.3, 0.4) is 0 Å². The van der Waals surface area contributed by atoms with E-state index < -0.39 is 0 Å². The number of rotatable bonds is 2. The van der Waals surface area contributed by atoms with Gasteiger partial charge >= 0.3 is 0 Å². The van der Waals surface area contributed by atoms with Gasteiger partial charge in [-0.2, -0.15) is 0 Å². The molecular weight excluding hydrogens is 242 g/mol. The molecule has 0 radical (unpaired) electrons. The Balaban J connectivity index is 1.83. The van der Waals surface area contributed by atoms with Gasteiger partial charge in [0.1, 0.15) is 0 Å². The number of thiophene rings is 1. The molecule has 2 aromatic heterocycles. The topological polar surface area (TPSA) is 29.9 Å². The van der Waals surface area contributed by atoms with E-state index in [1.165, 1.54) is 21.5 Å². The zero-order valence-corrected chi connectivity index (χ0v) is 10.7. The summed E-state index contributed by atoms with van der Waals surface area (Å²) in [5, 5.41) is 6.76. The van der Waals surface area contributed by atoms with Crippen LogP contribution >= 0.6 is 11.3 Å². The third kappa shape index (κ3) is 1.50. The zero-order valence-electron chi connectivity index (χ0n) is 9.84. The molecule has 1 saturated heterocycles. The summed E-state index contributed by atoms with van der Waals surface area (Å²) in [6.45, 7) is 2.12. The fourth-order valence-corrected chi connectivity index (χ4v) is 3.20. The molecule has 3 aromatic rings. The van der Waals surface area contributed by atoms with Gasteiger partial charge in [-0.15, -0.1) is 11.3 Å². The van der Waals surface area contributed by atoms with Crippen LogP contribution in [0.2, 0.25) is 0 Å². The van der Waals surface area contributed by atoms with Crippen molar-refractivity contribution in [2.75, 3.05) is 13.1 Å². The third-order valence-electron chi connectivity index (χ3n) is 3.58. The average molecular weight is 255 g/mol. The highest BCUT2D eigenvalue weighted by Crippen LogP contribution is 2.27. The average Bonchev–Trinajstić information content (AvgIpc) is 2.93. The van der Waals surface area contributed by atoms with Crippen molar-refractivity contribution in [1.29, 1.82) is 0 Å². The molecule has 1 aromatic carbocycles. The second-order valence-corrected chi connectivity index (χ2v) is 5.63. The molecule has 90 valence electrons. The number of aromatic nitrogens is 2. The highest BCUT2D eigenvalue weighted by Gasteiger charge is 2.22. The minimum Gasteiger partial charge on any atom is -0.315 e. The molecule has 3 heterocycles. The van der Waals surface area contributed by atoms with Crippen molar-refractivity contribution in [2.45, 2.75) is 5.92 Å². The molecule has 1 aliphatic rings. The molecule has 1 fully saturated rings. The van der Waals surface area contributed by atoms with Crippen LogP contribution in [0, 0.1) is 0 Å². The SMILES string of the molecule is c1cc2cc(-n3cncc3C3CNC3)ccc2s1. The van der Waals surface area contributed by atoms with Crippen LogP contribution in [0.25, 0.3) is 15.8 Å². The molecule has 1 aliphatic heterocycles. The number of nitrogens with zero attached hydrogens (tertiary/aromatic N) is 2. The Morgan fingerprint density at radius 2 is 2.22 bits per heavy atom. The molecule has 0 bridgehead atoms. The van der Waals surface area contributed by atoms with Crippen LogP contribution in [0.15, 0.2) is 42.2 Å². The van der Waals surface area contributed by atoms with Gasteiger partial charge in [0.2, 0.25) is 0 Å². The van der Waals surface area contributed by atoms with Gasteiger partial charge in [0.05, 0.1) is 6.33 Å². The molecule has 0 atom stereocenters. The molecule has 4 rings (SSSR count). The van der Waals surface area contributed by atoms with E-state index >= 15 is 0 Å². The van der Waals surface area contributed by atoms with E-state index in [1.807, 2.05) is 12.5 Å². The summed E-state index contributed by atoms with van der Waals surface area (Å²) in [4.78, 5) is 4.31. The largest absolute Gasteiger partial charge is 0.315 e. The number of fused-ring (bicyclic) bond motifs is 1. The lowest BCUT2D eigenvalue weighted by molar-refractivity contribution is 0.435. The van der Waals surface area contributed by atoms with Crippen LogP contribution < -0.4 is 5.32 Å². The maximum absolute atomic E-state index is 4.31. The quantitative estimate of drug-likeness (QED) is 0.763. The van der Waals surface area contributed by atoms with Crippen molar-refractivity contribution in [3.05, 3.63) is 47.9 Å². The first-order valence-electron chi connectivity index (χ1n) is 6.12. The Hall–Kier alpha value is -1.65. The number of imidazole rings is 1. The van der Waals surface area contributed by atoms with Gasteiger partial charge in [-0.25, -0.2) is 4.98 Å². The Kier molecular flexibility index (Phi) is 2.25. The molecule has 0 unspecified atom stereocenters. The van der Waals surface area contributed by atoms with Crippen molar-refractivity contribution in [3.8, 4) is 5.69 Å². The summed E-state index contributed by atoms with van der Waals surface area (Å²) in [6, 6.07) is 8.78. The van der Waals surface area contributed by atoms with Gasteiger partial charge in [-0.3, -0.25) is 0 Å². The lowest BCUT2D eigenvalue weighted by Crippen LogP contribution is -2.40. The molecule has 0 amide bonds. The predicted molar refractivity (Wildman–Crippen MR) is 74.6 cm³/mol.